The van der Waals surface area contributed by atoms with Gasteiger partial charge in [-0.05, 0) is 31.2 Å². The second kappa shape index (κ2) is 3.63. The van der Waals surface area contributed by atoms with Gasteiger partial charge in [-0.15, -0.1) is 11.8 Å². The lowest BCUT2D eigenvalue weighted by molar-refractivity contribution is 0.630. The van der Waals surface area contributed by atoms with Gasteiger partial charge in [-0.3, -0.25) is 4.99 Å². The number of aromatic nitrogens is 1. The van der Waals surface area contributed by atoms with Crippen LogP contribution in [0, 0.1) is 5.82 Å². The van der Waals surface area contributed by atoms with Gasteiger partial charge in [0, 0.05) is 16.7 Å². The van der Waals surface area contributed by atoms with Crippen LogP contribution in [0.3, 0.4) is 0 Å². The summed E-state index contributed by atoms with van der Waals surface area (Å²) in [6.07, 6.45) is 0. The van der Waals surface area contributed by atoms with E-state index in [0.717, 1.165) is 27.4 Å². The first-order valence-electron chi connectivity index (χ1n) is 5.21. The van der Waals surface area contributed by atoms with Crippen LogP contribution in [0.2, 0.25) is 0 Å². The Morgan fingerprint density at radius 1 is 1.44 bits per heavy atom. The highest BCUT2D eigenvalue weighted by Crippen LogP contribution is 2.25. The molecule has 4 heteroatoms. The van der Waals surface area contributed by atoms with Crippen LogP contribution in [-0.4, -0.2) is 21.8 Å². The van der Waals surface area contributed by atoms with Gasteiger partial charge in [0.2, 0.25) is 0 Å². The molecule has 1 aliphatic rings. The second-order valence-electron chi connectivity index (χ2n) is 4.01. The molecule has 82 valence electrons. The van der Waals surface area contributed by atoms with E-state index in [4.69, 9.17) is 0 Å². The van der Waals surface area contributed by atoms with Crippen LogP contribution in [-0.2, 0) is 0 Å². The molecule has 0 saturated carbocycles. The van der Waals surface area contributed by atoms with Crippen molar-refractivity contribution in [3.05, 3.63) is 35.8 Å². The van der Waals surface area contributed by atoms with Crippen LogP contribution < -0.4 is 0 Å². The first kappa shape index (κ1) is 9.90. The number of fused-ring (bicyclic) bond motifs is 1. The zero-order chi connectivity index (χ0) is 11.1. The number of aromatic amines is 1. The summed E-state index contributed by atoms with van der Waals surface area (Å²) in [5.41, 5.74) is 1.95. The van der Waals surface area contributed by atoms with Crippen molar-refractivity contribution in [1.82, 2.24) is 4.98 Å². The maximum absolute atomic E-state index is 13.0. The van der Waals surface area contributed by atoms with Crippen molar-refractivity contribution in [1.29, 1.82) is 0 Å². The van der Waals surface area contributed by atoms with Gasteiger partial charge in [0.1, 0.15) is 10.9 Å². The first-order chi connectivity index (χ1) is 7.72. The van der Waals surface area contributed by atoms with Crippen LogP contribution >= 0.6 is 11.8 Å². The number of halogens is 1. The molecule has 1 aromatic carbocycles. The minimum Gasteiger partial charge on any atom is -0.353 e. The summed E-state index contributed by atoms with van der Waals surface area (Å²) in [5, 5.41) is 1.93. The Labute approximate surface area is 97.0 Å². The smallest absolute Gasteiger partial charge is 0.123 e. The molecule has 1 aliphatic heterocycles. The third-order valence-corrected chi connectivity index (χ3v) is 3.86. The number of rotatable bonds is 1. The van der Waals surface area contributed by atoms with Crippen molar-refractivity contribution < 1.29 is 4.39 Å². The highest BCUT2D eigenvalue weighted by atomic mass is 32.2. The molecule has 1 atom stereocenters. The molecule has 2 heterocycles. The number of aliphatic imine (C=N–C) groups is 1. The van der Waals surface area contributed by atoms with Crippen molar-refractivity contribution in [3.63, 3.8) is 0 Å². The van der Waals surface area contributed by atoms with Gasteiger partial charge in [-0.25, -0.2) is 4.39 Å². The molecule has 1 aromatic heterocycles. The maximum Gasteiger partial charge on any atom is 0.123 e. The van der Waals surface area contributed by atoms with Gasteiger partial charge in [0.05, 0.1) is 11.7 Å². The fourth-order valence-corrected chi connectivity index (χ4v) is 2.83. The summed E-state index contributed by atoms with van der Waals surface area (Å²) in [4.78, 5) is 7.80. The summed E-state index contributed by atoms with van der Waals surface area (Å²) < 4.78 is 13.0. The molecular weight excluding hydrogens is 223 g/mol. The molecule has 0 spiro atoms. The molecule has 1 N–H and O–H groups in total. The Morgan fingerprint density at radius 3 is 3.06 bits per heavy atom. The lowest BCUT2D eigenvalue weighted by Crippen LogP contribution is -1.93. The van der Waals surface area contributed by atoms with E-state index < -0.39 is 0 Å². The predicted octanol–water partition coefficient (Wildman–Crippen LogP) is 3.19. The fourth-order valence-electron chi connectivity index (χ4n) is 1.84. The minimum atomic E-state index is -0.201. The molecule has 0 fully saturated rings. The molecule has 0 saturated heterocycles. The van der Waals surface area contributed by atoms with Gasteiger partial charge < -0.3 is 4.98 Å². The Hall–Kier alpha value is -1.29. The van der Waals surface area contributed by atoms with Gasteiger partial charge in [-0.1, -0.05) is 0 Å². The number of hydrogen-bond donors (Lipinski definition) is 1. The van der Waals surface area contributed by atoms with E-state index in [0.29, 0.717) is 6.04 Å². The lowest BCUT2D eigenvalue weighted by atomic mass is 10.2. The van der Waals surface area contributed by atoms with E-state index in [1.165, 1.54) is 6.07 Å². The van der Waals surface area contributed by atoms with E-state index in [1.54, 1.807) is 23.9 Å². The third-order valence-electron chi connectivity index (χ3n) is 2.61. The van der Waals surface area contributed by atoms with Crippen LogP contribution in [0.25, 0.3) is 10.9 Å². The van der Waals surface area contributed by atoms with Gasteiger partial charge >= 0.3 is 0 Å². The SMILES string of the molecule is CC1CSC(c2cc3cc(F)ccc3[nH]2)=N1. The van der Waals surface area contributed by atoms with Crippen LogP contribution in [0.4, 0.5) is 4.39 Å². The van der Waals surface area contributed by atoms with Crippen LogP contribution in [0.15, 0.2) is 29.3 Å². The van der Waals surface area contributed by atoms with Crippen LogP contribution in [0.5, 0.6) is 0 Å². The number of H-pyrrole nitrogens is 1. The number of thioether (sulfide) groups is 1. The summed E-state index contributed by atoms with van der Waals surface area (Å²) in [6, 6.07) is 7.11. The minimum absolute atomic E-state index is 0.201. The largest absolute Gasteiger partial charge is 0.353 e. The third kappa shape index (κ3) is 1.63. The zero-order valence-electron chi connectivity index (χ0n) is 8.83. The number of nitrogens with zero attached hydrogens (tertiary/aromatic N) is 1. The normalized spacial score (nSPS) is 20.4. The zero-order valence-corrected chi connectivity index (χ0v) is 9.64. The van der Waals surface area contributed by atoms with Crippen molar-refractivity contribution in [3.8, 4) is 0 Å². The molecule has 0 bridgehead atoms. The van der Waals surface area contributed by atoms with Gasteiger partial charge in [0.25, 0.3) is 0 Å². The molecule has 0 radical (unpaired) electrons. The van der Waals surface area contributed by atoms with E-state index >= 15 is 0 Å². The summed E-state index contributed by atoms with van der Waals surface area (Å²) in [5.74, 6) is 0.825. The molecule has 2 nitrogen and oxygen atoms in total. The predicted molar refractivity (Wildman–Crippen MR) is 66.7 cm³/mol. The number of hydrogen-bond acceptors (Lipinski definition) is 2. The molecule has 2 aromatic rings. The van der Waals surface area contributed by atoms with Crippen molar-refractivity contribution in [2.45, 2.75) is 13.0 Å². The fraction of sp³-hybridized carbons (Fsp3) is 0.250. The molecular formula is C12H11FN2S. The molecule has 0 amide bonds. The monoisotopic (exact) mass is 234 g/mol. The quantitative estimate of drug-likeness (QED) is 0.806. The van der Waals surface area contributed by atoms with Gasteiger partial charge in [-0.2, -0.15) is 0 Å². The summed E-state index contributed by atoms with van der Waals surface area (Å²) in [7, 11) is 0. The average Bonchev–Trinajstić information content (AvgIpc) is 2.83. The topological polar surface area (TPSA) is 28.1 Å². The van der Waals surface area contributed by atoms with E-state index in [2.05, 4.69) is 16.9 Å². The lowest BCUT2D eigenvalue weighted by Gasteiger charge is -1.92. The molecule has 16 heavy (non-hydrogen) atoms. The van der Waals surface area contributed by atoms with Gasteiger partial charge in [0.15, 0.2) is 0 Å². The highest BCUT2D eigenvalue weighted by molar-refractivity contribution is 8.14. The molecule has 3 rings (SSSR count). The van der Waals surface area contributed by atoms with Crippen molar-refractivity contribution in [2.75, 3.05) is 5.75 Å². The second-order valence-corrected chi connectivity index (χ2v) is 5.02. The maximum atomic E-state index is 13.0. The standard InChI is InChI=1S/C12H11FN2S/c1-7-6-16-12(14-7)11-5-8-4-9(13)2-3-10(8)15-11/h2-5,7,15H,6H2,1H3. The van der Waals surface area contributed by atoms with E-state index in [1.807, 2.05) is 6.07 Å². The summed E-state index contributed by atoms with van der Waals surface area (Å²) >= 11 is 1.75. The first-order valence-corrected chi connectivity index (χ1v) is 6.20. The Bertz CT molecular complexity index is 573. The van der Waals surface area contributed by atoms with Crippen molar-refractivity contribution >= 4 is 27.7 Å². The molecule has 1 unspecified atom stereocenters. The van der Waals surface area contributed by atoms with Crippen LogP contribution in [0.1, 0.15) is 12.6 Å². The Balaban J connectivity index is 2.09. The Kier molecular flexibility index (Phi) is 2.24. The van der Waals surface area contributed by atoms with E-state index in [9.17, 15) is 4.39 Å². The molecule has 0 aliphatic carbocycles. The number of nitrogens with one attached hydrogen (secondary N) is 1. The van der Waals surface area contributed by atoms with Crippen molar-refractivity contribution in [2.24, 2.45) is 4.99 Å². The number of benzene rings is 1. The highest BCUT2D eigenvalue weighted by Gasteiger charge is 2.17. The summed E-state index contributed by atoms with van der Waals surface area (Å²) in [6.45, 7) is 2.10. The Morgan fingerprint density at radius 2 is 2.31 bits per heavy atom. The average molecular weight is 234 g/mol. The van der Waals surface area contributed by atoms with E-state index in [-0.39, 0.29) is 5.82 Å².